The monoisotopic (exact) mass is 561 g/mol. The summed E-state index contributed by atoms with van der Waals surface area (Å²) in [7, 11) is 0. The molecule has 2 heterocycles. The fourth-order valence-electron chi connectivity index (χ4n) is 5.04. The van der Waals surface area contributed by atoms with Gasteiger partial charge in [0.25, 0.3) is 0 Å². The van der Waals surface area contributed by atoms with Crippen LogP contribution in [0.25, 0.3) is 11.3 Å². The second-order valence-electron chi connectivity index (χ2n) is 12.2. The third-order valence-corrected chi connectivity index (χ3v) is 7.31. The Morgan fingerprint density at radius 2 is 1.63 bits per heavy atom. The number of hydrogen-bond donors (Lipinski definition) is 1. The van der Waals surface area contributed by atoms with Crippen molar-refractivity contribution < 1.29 is 28.2 Å². The Bertz CT molecular complexity index is 1390. The van der Waals surface area contributed by atoms with Crippen molar-refractivity contribution in [1.82, 2.24) is 15.2 Å². The largest absolute Gasteiger partial charge is 0.474 e. The molecular weight excluding hydrogens is 525 g/mol. The van der Waals surface area contributed by atoms with Crippen LogP contribution in [-0.4, -0.2) is 46.9 Å². The number of alkyl carbamates (subject to hydrolysis) is 1. The van der Waals surface area contributed by atoms with E-state index in [2.05, 4.69) is 5.32 Å². The number of nitrogens with zero attached hydrogens (tertiary/aromatic N) is 2. The molecule has 1 aromatic heterocycles. The average Bonchev–Trinajstić information content (AvgIpc) is 3.33. The Kier molecular flexibility index (Phi) is 7.64. The van der Waals surface area contributed by atoms with Crippen molar-refractivity contribution in [2.24, 2.45) is 11.8 Å². The quantitative estimate of drug-likeness (QED) is 0.365. The minimum atomic E-state index is -0.837. The summed E-state index contributed by atoms with van der Waals surface area (Å²) in [6.45, 7) is 10.6. The lowest BCUT2D eigenvalue weighted by Gasteiger charge is -2.28. The predicted octanol–water partition coefficient (Wildman–Crippen LogP) is 6.29. The highest BCUT2D eigenvalue weighted by atomic mass is 19.1. The van der Waals surface area contributed by atoms with E-state index in [9.17, 15) is 14.0 Å². The van der Waals surface area contributed by atoms with Crippen LogP contribution in [0.4, 0.5) is 14.0 Å². The van der Waals surface area contributed by atoms with Gasteiger partial charge in [-0.15, -0.1) is 0 Å². The second-order valence-corrected chi connectivity index (χ2v) is 12.2. The van der Waals surface area contributed by atoms with Gasteiger partial charge in [-0.05, 0) is 76.1 Å². The molecule has 3 atom stereocenters. The molecule has 5 rings (SSSR count). The molecule has 2 amide bonds. The minimum Gasteiger partial charge on any atom is -0.474 e. The van der Waals surface area contributed by atoms with E-state index in [-0.39, 0.29) is 36.5 Å². The van der Waals surface area contributed by atoms with Gasteiger partial charge >= 0.3 is 12.2 Å². The van der Waals surface area contributed by atoms with Crippen molar-refractivity contribution in [2.75, 3.05) is 13.1 Å². The first-order valence-electron chi connectivity index (χ1n) is 13.8. The summed E-state index contributed by atoms with van der Waals surface area (Å²) >= 11 is 0. The van der Waals surface area contributed by atoms with E-state index in [4.69, 9.17) is 19.2 Å². The van der Waals surface area contributed by atoms with Crippen molar-refractivity contribution in [3.63, 3.8) is 0 Å². The third kappa shape index (κ3) is 6.96. The number of nitrogens with one attached hydrogen (secondary N) is 1. The molecule has 3 aromatic rings. The molecule has 1 aliphatic carbocycles. The van der Waals surface area contributed by atoms with E-state index in [0.29, 0.717) is 30.2 Å². The Hall–Kier alpha value is -4.14. The average molecular weight is 562 g/mol. The van der Waals surface area contributed by atoms with Crippen molar-refractivity contribution in [2.45, 2.75) is 58.5 Å². The lowest BCUT2D eigenvalue weighted by atomic mass is 9.93. The number of carbonyl (C=O) groups is 2. The molecule has 9 heteroatoms. The van der Waals surface area contributed by atoms with Crippen molar-refractivity contribution in [3.05, 3.63) is 83.7 Å². The molecule has 216 valence electrons. The van der Waals surface area contributed by atoms with Crippen LogP contribution >= 0.6 is 0 Å². The zero-order valence-corrected chi connectivity index (χ0v) is 24.0. The van der Waals surface area contributed by atoms with E-state index in [1.807, 2.05) is 77.1 Å². The molecule has 8 nitrogen and oxygen atoms in total. The Morgan fingerprint density at radius 1 is 0.976 bits per heavy atom. The van der Waals surface area contributed by atoms with Gasteiger partial charge in [-0.3, -0.25) is 0 Å². The topological polar surface area (TPSA) is 90.0 Å². The van der Waals surface area contributed by atoms with Gasteiger partial charge < -0.3 is 24.4 Å². The number of amides is 2. The number of carbonyl (C=O) groups excluding carboxylic acids is 2. The summed E-state index contributed by atoms with van der Waals surface area (Å²) in [5, 5.41) is 2.94. The highest BCUT2D eigenvalue weighted by Crippen LogP contribution is 2.48. The molecule has 1 aliphatic heterocycles. The smallest absolute Gasteiger partial charge is 0.410 e. The standard InChI is InChI=1S/C32H36FN3O5/c1-31(2,3)41-30(38)36-17-24-25(18-36)28(24)40-27-16-22(15-26(34-27)21-11-13-23(33)14-12-21)32(4,5)35-29(37)39-19-20-9-7-6-8-10-20/h6-16,24-25,28H,17-19H2,1-5H3,(H,35,37)/t24-,25+,28?. The maximum Gasteiger partial charge on any atom is 0.410 e. The molecular formula is C32H36FN3O5. The lowest BCUT2D eigenvalue weighted by molar-refractivity contribution is 0.0252. The summed E-state index contributed by atoms with van der Waals surface area (Å²) in [5.74, 6) is 0.449. The first-order chi connectivity index (χ1) is 19.4. The first kappa shape index (κ1) is 28.4. The first-order valence-corrected chi connectivity index (χ1v) is 13.8. The highest BCUT2D eigenvalue weighted by molar-refractivity contribution is 5.70. The van der Waals surface area contributed by atoms with E-state index in [0.717, 1.165) is 11.1 Å². The third-order valence-electron chi connectivity index (χ3n) is 7.31. The second kappa shape index (κ2) is 11.0. The van der Waals surface area contributed by atoms with E-state index < -0.39 is 17.2 Å². The highest BCUT2D eigenvalue weighted by Gasteiger charge is 2.59. The van der Waals surface area contributed by atoms with E-state index >= 15 is 0 Å². The zero-order valence-electron chi connectivity index (χ0n) is 24.0. The van der Waals surface area contributed by atoms with Crippen LogP contribution in [0.3, 0.4) is 0 Å². The van der Waals surface area contributed by atoms with Crippen molar-refractivity contribution in [3.8, 4) is 17.1 Å². The van der Waals surface area contributed by atoms with Gasteiger partial charge in [0, 0.05) is 36.6 Å². The summed E-state index contributed by atoms with van der Waals surface area (Å²) in [5.41, 5.74) is 1.56. The van der Waals surface area contributed by atoms with Gasteiger partial charge in [0.2, 0.25) is 5.88 Å². The van der Waals surface area contributed by atoms with Gasteiger partial charge in [0.05, 0.1) is 11.2 Å². The van der Waals surface area contributed by atoms with Crippen LogP contribution in [0.15, 0.2) is 66.7 Å². The predicted molar refractivity (Wildman–Crippen MR) is 152 cm³/mol. The fourth-order valence-corrected chi connectivity index (χ4v) is 5.04. The van der Waals surface area contributed by atoms with Crippen LogP contribution in [0, 0.1) is 17.7 Å². The van der Waals surface area contributed by atoms with Crippen molar-refractivity contribution >= 4 is 12.2 Å². The number of aromatic nitrogens is 1. The zero-order chi connectivity index (χ0) is 29.4. The summed E-state index contributed by atoms with van der Waals surface area (Å²) in [6.07, 6.45) is -0.945. The molecule has 2 aliphatic rings. The van der Waals surface area contributed by atoms with Crippen LogP contribution in [-0.2, 0) is 21.6 Å². The molecule has 1 saturated heterocycles. The summed E-state index contributed by atoms with van der Waals surface area (Å²) in [4.78, 5) is 31.6. The molecule has 1 unspecified atom stereocenters. The van der Waals surface area contributed by atoms with Gasteiger partial charge in [0.15, 0.2) is 0 Å². The number of likely N-dealkylation sites (tertiary alicyclic amines) is 1. The number of benzene rings is 2. The van der Waals surface area contributed by atoms with Crippen LogP contribution in [0.5, 0.6) is 5.88 Å². The number of piperidine rings is 1. The van der Waals surface area contributed by atoms with Gasteiger partial charge in [0.1, 0.15) is 24.1 Å². The number of pyridine rings is 1. The Morgan fingerprint density at radius 3 is 2.27 bits per heavy atom. The molecule has 2 fully saturated rings. The van der Waals surface area contributed by atoms with Gasteiger partial charge in [-0.1, -0.05) is 30.3 Å². The Labute approximate surface area is 239 Å². The SMILES string of the molecule is CC(C)(C)OC(=O)N1C[C@@H]2C(Oc3cc(C(C)(C)NC(=O)OCc4ccccc4)cc(-c4ccc(F)cc4)n3)[C@@H]2C1. The van der Waals surface area contributed by atoms with E-state index in [1.165, 1.54) is 12.1 Å². The number of halogens is 1. The molecule has 0 radical (unpaired) electrons. The Balaban J connectivity index is 1.31. The molecule has 41 heavy (non-hydrogen) atoms. The molecule has 0 spiro atoms. The van der Waals surface area contributed by atoms with Gasteiger partial charge in [-0.25, -0.2) is 19.0 Å². The van der Waals surface area contributed by atoms with E-state index in [1.54, 1.807) is 17.0 Å². The van der Waals surface area contributed by atoms with Crippen LogP contribution < -0.4 is 10.1 Å². The molecule has 2 aromatic carbocycles. The maximum atomic E-state index is 13.6. The number of rotatable bonds is 7. The van der Waals surface area contributed by atoms with Crippen molar-refractivity contribution in [1.29, 1.82) is 0 Å². The van der Waals surface area contributed by atoms with Gasteiger partial charge in [-0.2, -0.15) is 0 Å². The minimum absolute atomic E-state index is 0.0792. The number of ether oxygens (including phenoxy) is 3. The molecule has 1 N–H and O–H groups in total. The lowest BCUT2D eigenvalue weighted by Crippen LogP contribution is -2.41. The summed E-state index contributed by atoms with van der Waals surface area (Å²) < 4.78 is 30.9. The summed E-state index contributed by atoms with van der Waals surface area (Å²) in [6, 6.07) is 19.2. The van der Waals surface area contributed by atoms with Crippen LogP contribution in [0.1, 0.15) is 45.7 Å². The number of hydrogen-bond acceptors (Lipinski definition) is 6. The molecule has 0 bridgehead atoms. The molecule has 1 saturated carbocycles. The number of fused-ring (bicyclic) bond motifs is 1. The van der Waals surface area contributed by atoms with Crippen LogP contribution in [0.2, 0.25) is 0 Å². The normalized spacial score (nSPS) is 19.8. The maximum absolute atomic E-state index is 13.6. The fraction of sp³-hybridized carbons (Fsp3) is 0.406.